The second-order valence-corrected chi connectivity index (χ2v) is 4.15. The zero-order valence-corrected chi connectivity index (χ0v) is 9.49. The van der Waals surface area contributed by atoms with Gasteiger partial charge in [0.1, 0.15) is 6.61 Å². The van der Waals surface area contributed by atoms with E-state index in [1.807, 2.05) is 0 Å². The summed E-state index contributed by atoms with van der Waals surface area (Å²) in [5.74, 6) is 0.538. The molecule has 0 aromatic heterocycles. The largest absolute Gasteiger partial charge is 0.448 e. The number of hydrogen-bond donors (Lipinski definition) is 3. The number of hydrogen-bond acceptors (Lipinski definition) is 4. The van der Waals surface area contributed by atoms with Crippen LogP contribution in [-0.4, -0.2) is 38.2 Å². The van der Waals surface area contributed by atoms with E-state index in [-0.39, 0.29) is 18.4 Å². The van der Waals surface area contributed by atoms with Crippen LogP contribution in [0.3, 0.4) is 0 Å². The van der Waals surface area contributed by atoms with Gasteiger partial charge in [0.2, 0.25) is 5.91 Å². The van der Waals surface area contributed by atoms with Gasteiger partial charge < -0.3 is 21.1 Å². The molecule has 0 aliphatic carbocycles. The fourth-order valence-electron chi connectivity index (χ4n) is 1.83. The van der Waals surface area contributed by atoms with Crippen LogP contribution in [0.2, 0.25) is 0 Å². The van der Waals surface area contributed by atoms with Crippen molar-refractivity contribution in [3.8, 4) is 0 Å². The van der Waals surface area contributed by atoms with E-state index >= 15 is 0 Å². The van der Waals surface area contributed by atoms with Gasteiger partial charge >= 0.3 is 6.09 Å². The van der Waals surface area contributed by atoms with Crippen LogP contribution in [0.5, 0.6) is 0 Å². The second-order valence-electron chi connectivity index (χ2n) is 4.15. The minimum Gasteiger partial charge on any atom is -0.448 e. The predicted molar refractivity (Wildman–Crippen MR) is 58.7 cm³/mol. The highest BCUT2D eigenvalue weighted by Crippen LogP contribution is 2.15. The Kier molecular flexibility index (Phi) is 5.04. The fraction of sp³-hybridized carbons (Fsp3) is 0.800. The second kappa shape index (κ2) is 6.32. The standard InChI is InChI=1S/C10H19N3O3/c1-7-4-8(6-12-5-7)9(14)13-2-3-16-10(11)15/h7-8,12H,2-6H2,1H3,(H2,11,15)(H,13,14). The molecule has 1 saturated heterocycles. The third kappa shape index (κ3) is 4.48. The molecule has 6 heteroatoms. The van der Waals surface area contributed by atoms with Crippen LogP contribution < -0.4 is 16.4 Å². The maximum Gasteiger partial charge on any atom is 0.404 e. The number of carbonyl (C=O) groups excluding carboxylic acids is 2. The number of piperidine rings is 1. The molecule has 2 unspecified atom stereocenters. The Hall–Kier alpha value is -1.30. The zero-order valence-electron chi connectivity index (χ0n) is 9.49. The van der Waals surface area contributed by atoms with Crippen molar-refractivity contribution in [3.63, 3.8) is 0 Å². The molecule has 1 fully saturated rings. The van der Waals surface area contributed by atoms with Crippen molar-refractivity contribution in [2.75, 3.05) is 26.2 Å². The number of rotatable bonds is 4. The lowest BCUT2D eigenvalue weighted by Crippen LogP contribution is -2.44. The number of amides is 2. The maximum absolute atomic E-state index is 11.7. The Balaban J connectivity index is 2.16. The lowest BCUT2D eigenvalue weighted by atomic mass is 9.91. The molecule has 1 rings (SSSR count). The van der Waals surface area contributed by atoms with E-state index in [0.717, 1.165) is 13.0 Å². The minimum atomic E-state index is -0.817. The summed E-state index contributed by atoms with van der Waals surface area (Å²) in [7, 11) is 0. The molecule has 1 heterocycles. The van der Waals surface area contributed by atoms with Crippen molar-refractivity contribution in [1.82, 2.24) is 10.6 Å². The summed E-state index contributed by atoms with van der Waals surface area (Å²) in [4.78, 5) is 21.9. The Labute approximate surface area is 94.9 Å². The van der Waals surface area contributed by atoms with E-state index in [1.54, 1.807) is 0 Å². The summed E-state index contributed by atoms with van der Waals surface area (Å²) >= 11 is 0. The Morgan fingerprint density at radius 3 is 2.88 bits per heavy atom. The van der Waals surface area contributed by atoms with Gasteiger partial charge in [0.25, 0.3) is 0 Å². The van der Waals surface area contributed by atoms with Gasteiger partial charge in [-0.1, -0.05) is 6.92 Å². The first kappa shape index (κ1) is 12.8. The summed E-state index contributed by atoms with van der Waals surface area (Å²) < 4.78 is 4.51. The fourth-order valence-corrected chi connectivity index (χ4v) is 1.83. The number of nitrogens with two attached hydrogens (primary N) is 1. The minimum absolute atomic E-state index is 0.00659. The van der Waals surface area contributed by atoms with Gasteiger partial charge in [-0.3, -0.25) is 4.79 Å². The number of nitrogens with one attached hydrogen (secondary N) is 2. The lowest BCUT2D eigenvalue weighted by Gasteiger charge is -2.26. The molecule has 0 radical (unpaired) electrons. The average Bonchev–Trinajstić information content (AvgIpc) is 2.24. The number of ether oxygens (including phenoxy) is 1. The molecule has 16 heavy (non-hydrogen) atoms. The van der Waals surface area contributed by atoms with Crippen LogP contribution in [0.15, 0.2) is 0 Å². The SMILES string of the molecule is CC1CNCC(C(=O)NCCOC(N)=O)C1. The number of primary amides is 1. The highest BCUT2D eigenvalue weighted by atomic mass is 16.5. The third-order valence-electron chi connectivity index (χ3n) is 2.59. The molecular formula is C10H19N3O3. The maximum atomic E-state index is 11.7. The molecule has 2 amide bonds. The van der Waals surface area contributed by atoms with Crippen molar-refractivity contribution in [2.45, 2.75) is 13.3 Å². The monoisotopic (exact) mass is 229 g/mol. The summed E-state index contributed by atoms with van der Waals surface area (Å²) in [5.41, 5.74) is 4.79. The Morgan fingerprint density at radius 2 is 2.25 bits per heavy atom. The summed E-state index contributed by atoms with van der Waals surface area (Å²) in [6.45, 7) is 4.23. The van der Waals surface area contributed by atoms with Gasteiger partial charge in [0.05, 0.1) is 12.5 Å². The summed E-state index contributed by atoms with van der Waals surface area (Å²) in [6, 6.07) is 0. The van der Waals surface area contributed by atoms with Gasteiger partial charge in [-0.2, -0.15) is 0 Å². The van der Waals surface area contributed by atoms with E-state index < -0.39 is 6.09 Å². The van der Waals surface area contributed by atoms with Crippen LogP contribution in [-0.2, 0) is 9.53 Å². The molecule has 0 spiro atoms. The number of carbonyl (C=O) groups is 2. The molecule has 92 valence electrons. The normalized spacial score (nSPS) is 24.8. The van der Waals surface area contributed by atoms with E-state index in [2.05, 4.69) is 22.3 Å². The van der Waals surface area contributed by atoms with Crippen LogP contribution in [0.25, 0.3) is 0 Å². The average molecular weight is 229 g/mol. The van der Waals surface area contributed by atoms with Crippen molar-refractivity contribution < 1.29 is 14.3 Å². The highest BCUT2D eigenvalue weighted by molar-refractivity contribution is 5.79. The molecule has 6 nitrogen and oxygen atoms in total. The van der Waals surface area contributed by atoms with Gasteiger partial charge in [0.15, 0.2) is 0 Å². The first-order chi connectivity index (χ1) is 7.59. The molecule has 4 N–H and O–H groups in total. The Morgan fingerprint density at radius 1 is 1.50 bits per heavy atom. The molecule has 2 atom stereocenters. The lowest BCUT2D eigenvalue weighted by molar-refractivity contribution is -0.126. The molecule has 0 aromatic rings. The van der Waals surface area contributed by atoms with Crippen LogP contribution in [0, 0.1) is 11.8 Å². The van der Waals surface area contributed by atoms with E-state index in [0.29, 0.717) is 19.0 Å². The van der Waals surface area contributed by atoms with Crippen LogP contribution in [0.1, 0.15) is 13.3 Å². The van der Waals surface area contributed by atoms with E-state index in [9.17, 15) is 9.59 Å². The molecule has 0 aromatic carbocycles. The molecule has 0 saturated carbocycles. The van der Waals surface area contributed by atoms with Crippen LogP contribution >= 0.6 is 0 Å². The van der Waals surface area contributed by atoms with Crippen molar-refractivity contribution >= 4 is 12.0 Å². The molecule has 1 aliphatic heterocycles. The van der Waals surface area contributed by atoms with Gasteiger partial charge in [-0.25, -0.2) is 4.79 Å². The smallest absolute Gasteiger partial charge is 0.404 e. The zero-order chi connectivity index (χ0) is 12.0. The quantitative estimate of drug-likeness (QED) is 0.563. The highest BCUT2D eigenvalue weighted by Gasteiger charge is 2.24. The van der Waals surface area contributed by atoms with Crippen LogP contribution in [0.4, 0.5) is 4.79 Å². The third-order valence-corrected chi connectivity index (χ3v) is 2.59. The summed E-state index contributed by atoms with van der Waals surface area (Å²) in [6.07, 6.45) is 0.0809. The first-order valence-electron chi connectivity index (χ1n) is 5.50. The van der Waals surface area contributed by atoms with Crippen molar-refractivity contribution in [3.05, 3.63) is 0 Å². The van der Waals surface area contributed by atoms with E-state index in [4.69, 9.17) is 5.73 Å². The van der Waals surface area contributed by atoms with Gasteiger partial charge in [-0.05, 0) is 18.9 Å². The van der Waals surface area contributed by atoms with Gasteiger partial charge in [-0.15, -0.1) is 0 Å². The molecule has 0 bridgehead atoms. The van der Waals surface area contributed by atoms with Crippen molar-refractivity contribution in [1.29, 1.82) is 0 Å². The van der Waals surface area contributed by atoms with Gasteiger partial charge in [0, 0.05) is 6.54 Å². The molecular weight excluding hydrogens is 210 g/mol. The Bertz CT molecular complexity index is 258. The molecule has 1 aliphatic rings. The predicted octanol–water partition coefficient (Wildman–Crippen LogP) is -0.556. The summed E-state index contributed by atoms with van der Waals surface area (Å²) in [5, 5.41) is 5.92. The first-order valence-corrected chi connectivity index (χ1v) is 5.50. The van der Waals surface area contributed by atoms with Crippen molar-refractivity contribution in [2.24, 2.45) is 17.6 Å². The van der Waals surface area contributed by atoms with E-state index in [1.165, 1.54) is 0 Å². The topological polar surface area (TPSA) is 93.4 Å².